The van der Waals surface area contributed by atoms with Gasteiger partial charge < -0.3 is 4.90 Å². The lowest BCUT2D eigenvalue weighted by molar-refractivity contribution is 0.220. The largest absolute Gasteiger partial charge is 0.357 e. The van der Waals surface area contributed by atoms with E-state index in [0.717, 1.165) is 24.8 Å². The molecular weight excluding hydrogens is 244 g/mol. The van der Waals surface area contributed by atoms with Gasteiger partial charge in [0, 0.05) is 13.1 Å². The zero-order valence-corrected chi connectivity index (χ0v) is 12.4. The summed E-state index contributed by atoms with van der Waals surface area (Å²) in [5.74, 6) is 1.83. The van der Waals surface area contributed by atoms with Crippen molar-refractivity contribution in [2.45, 2.75) is 40.0 Å². The van der Waals surface area contributed by atoms with Crippen LogP contribution in [0.4, 0.5) is 5.82 Å². The van der Waals surface area contributed by atoms with Crippen molar-refractivity contribution in [2.24, 2.45) is 11.3 Å². The van der Waals surface area contributed by atoms with Gasteiger partial charge in [-0.05, 0) is 42.7 Å². The van der Waals surface area contributed by atoms with Crippen LogP contribution in [0.2, 0.25) is 5.15 Å². The van der Waals surface area contributed by atoms with E-state index in [2.05, 4.69) is 36.7 Å². The minimum absolute atomic E-state index is 0.414. The van der Waals surface area contributed by atoms with E-state index in [1.165, 1.54) is 19.3 Å². The highest BCUT2D eigenvalue weighted by molar-refractivity contribution is 6.29. The zero-order chi connectivity index (χ0) is 13.2. The van der Waals surface area contributed by atoms with E-state index in [1.807, 2.05) is 12.1 Å². The van der Waals surface area contributed by atoms with Crippen LogP contribution in [0.5, 0.6) is 0 Å². The molecule has 3 heteroatoms. The third kappa shape index (κ3) is 3.38. The average Bonchev–Trinajstić information content (AvgIpc) is 2.53. The fourth-order valence-corrected chi connectivity index (χ4v) is 2.92. The number of rotatable bonds is 1. The maximum atomic E-state index is 5.97. The lowest BCUT2D eigenvalue weighted by Gasteiger charge is -2.29. The summed E-state index contributed by atoms with van der Waals surface area (Å²) in [6.45, 7) is 9.25. The first kappa shape index (κ1) is 13.7. The Bertz CT molecular complexity index is 398. The number of hydrogen-bond acceptors (Lipinski definition) is 2. The molecule has 0 spiro atoms. The molecule has 1 aromatic heterocycles. The van der Waals surface area contributed by atoms with Crippen LogP contribution in [0.3, 0.4) is 0 Å². The Balaban J connectivity index is 2.05. The molecule has 1 aromatic rings. The minimum atomic E-state index is 0.414. The first-order chi connectivity index (χ1) is 8.47. The Morgan fingerprint density at radius 1 is 1.22 bits per heavy atom. The van der Waals surface area contributed by atoms with Crippen LogP contribution in [-0.2, 0) is 0 Å². The van der Waals surface area contributed by atoms with Crippen molar-refractivity contribution in [3.05, 3.63) is 23.4 Å². The van der Waals surface area contributed by atoms with E-state index in [1.54, 1.807) is 0 Å². The van der Waals surface area contributed by atoms with Crippen LogP contribution in [0.1, 0.15) is 40.0 Å². The van der Waals surface area contributed by atoms with E-state index in [9.17, 15) is 0 Å². The van der Waals surface area contributed by atoms with Crippen LogP contribution in [0.25, 0.3) is 0 Å². The smallest absolute Gasteiger partial charge is 0.131 e. The second-order valence-corrected chi connectivity index (χ2v) is 6.69. The average molecular weight is 267 g/mol. The van der Waals surface area contributed by atoms with E-state index in [0.29, 0.717) is 10.6 Å². The SMILES string of the molecule is CC(C)(C)C1CCCN(c2cccc(Cl)n2)CC1. The summed E-state index contributed by atoms with van der Waals surface area (Å²) >= 11 is 5.97. The first-order valence-corrected chi connectivity index (χ1v) is 7.22. The molecule has 1 aliphatic heterocycles. The summed E-state index contributed by atoms with van der Waals surface area (Å²) in [4.78, 5) is 6.79. The van der Waals surface area contributed by atoms with Gasteiger partial charge in [0.1, 0.15) is 11.0 Å². The summed E-state index contributed by atoms with van der Waals surface area (Å²) < 4.78 is 0. The molecule has 1 atom stereocenters. The Labute approximate surface area is 115 Å². The highest BCUT2D eigenvalue weighted by atomic mass is 35.5. The fourth-order valence-electron chi connectivity index (χ4n) is 2.77. The molecule has 0 N–H and O–H groups in total. The van der Waals surface area contributed by atoms with E-state index in [-0.39, 0.29) is 0 Å². The molecule has 1 aliphatic rings. The van der Waals surface area contributed by atoms with Gasteiger partial charge >= 0.3 is 0 Å². The van der Waals surface area contributed by atoms with Crippen molar-refractivity contribution < 1.29 is 0 Å². The van der Waals surface area contributed by atoms with Gasteiger partial charge in [-0.1, -0.05) is 38.4 Å². The minimum Gasteiger partial charge on any atom is -0.357 e. The summed E-state index contributed by atoms with van der Waals surface area (Å²) in [6, 6.07) is 5.88. The first-order valence-electron chi connectivity index (χ1n) is 6.84. The van der Waals surface area contributed by atoms with Crippen LogP contribution in [0.15, 0.2) is 18.2 Å². The van der Waals surface area contributed by atoms with Crippen molar-refractivity contribution in [1.82, 2.24) is 4.98 Å². The zero-order valence-electron chi connectivity index (χ0n) is 11.6. The van der Waals surface area contributed by atoms with E-state index in [4.69, 9.17) is 11.6 Å². The van der Waals surface area contributed by atoms with Crippen LogP contribution in [0, 0.1) is 11.3 Å². The normalized spacial score (nSPS) is 21.8. The lowest BCUT2D eigenvalue weighted by Crippen LogP contribution is -2.26. The van der Waals surface area contributed by atoms with Gasteiger partial charge in [-0.3, -0.25) is 0 Å². The van der Waals surface area contributed by atoms with E-state index >= 15 is 0 Å². The highest BCUT2D eigenvalue weighted by Crippen LogP contribution is 2.35. The van der Waals surface area contributed by atoms with Crippen LogP contribution >= 0.6 is 11.6 Å². The molecule has 1 fully saturated rings. The predicted octanol–water partition coefficient (Wildman–Crippen LogP) is 4.39. The summed E-state index contributed by atoms with van der Waals surface area (Å²) in [6.07, 6.45) is 3.81. The van der Waals surface area contributed by atoms with Crippen molar-refractivity contribution >= 4 is 17.4 Å². The summed E-state index contributed by atoms with van der Waals surface area (Å²) in [5.41, 5.74) is 0.414. The quantitative estimate of drug-likeness (QED) is 0.701. The molecule has 18 heavy (non-hydrogen) atoms. The van der Waals surface area contributed by atoms with Gasteiger partial charge in [-0.25, -0.2) is 4.98 Å². The molecule has 1 saturated heterocycles. The molecule has 2 nitrogen and oxygen atoms in total. The van der Waals surface area contributed by atoms with Crippen LogP contribution in [-0.4, -0.2) is 18.1 Å². The number of pyridine rings is 1. The van der Waals surface area contributed by atoms with Gasteiger partial charge in [0.15, 0.2) is 0 Å². The molecule has 2 heterocycles. The number of anilines is 1. The van der Waals surface area contributed by atoms with Gasteiger partial charge in [0.05, 0.1) is 0 Å². The molecule has 0 aliphatic carbocycles. The predicted molar refractivity (Wildman–Crippen MR) is 78.3 cm³/mol. The molecular formula is C15H23ClN2. The van der Waals surface area contributed by atoms with Gasteiger partial charge in [-0.15, -0.1) is 0 Å². The molecule has 2 rings (SSSR count). The van der Waals surface area contributed by atoms with Crippen molar-refractivity contribution in [1.29, 1.82) is 0 Å². The fraction of sp³-hybridized carbons (Fsp3) is 0.667. The highest BCUT2D eigenvalue weighted by Gasteiger charge is 2.27. The van der Waals surface area contributed by atoms with Gasteiger partial charge in [0.2, 0.25) is 0 Å². The van der Waals surface area contributed by atoms with Crippen molar-refractivity contribution in [3.8, 4) is 0 Å². The number of halogens is 1. The van der Waals surface area contributed by atoms with Gasteiger partial charge in [-0.2, -0.15) is 0 Å². The topological polar surface area (TPSA) is 16.1 Å². The number of nitrogens with zero attached hydrogens (tertiary/aromatic N) is 2. The number of hydrogen-bond donors (Lipinski definition) is 0. The Kier molecular flexibility index (Phi) is 4.16. The summed E-state index contributed by atoms with van der Waals surface area (Å²) in [5, 5.41) is 0.587. The molecule has 0 bridgehead atoms. The Morgan fingerprint density at radius 3 is 2.67 bits per heavy atom. The second-order valence-electron chi connectivity index (χ2n) is 6.30. The maximum Gasteiger partial charge on any atom is 0.131 e. The molecule has 0 amide bonds. The third-order valence-corrected chi connectivity index (χ3v) is 4.19. The molecule has 0 radical (unpaired) electrons. The maximum absolute atomic E-state index is 5.97. The molecule has 1 unspecified atom stereocenters. The lowest BCUT2D eigenvalue weighted by atomic mass is 9.77. The van der Waals surface area contributed by atoms with Crippen LogP contribution < -0.4 is 4.90 Å². The van der Waals surface area contributed by atoms with Gasteiger partial charge in [0.25, 0.3) is 0 Å². The molecule has 100 valence electrons. The monoisotopic (exact) mass is 266 g/mol. The standard InChI is InChI=1S/C15H23ClN2/c1-15(2,3)12-6-5-10-18(11-9-12)14-8-4-7-13(16)17-14/h4,7-8,12H,5-6,9-11H2,1-3H3. The number of aromatic nitrogens is 1. The second kappa shape index (κ2) is 5.48. The Hall–Kier alpha value is -0.760. The molecule has 0 saturated carbocycles. The molecule has 0 aromatic carbocycles. The third-order valence-electron chi connectivity index (χ3n) is 3.98. The van der Waals surface area contributed by atoms with Crippen molar-refractivity contribution in [3.63, 3.8) is 0 Å². The Morgan fingerprint density at radius 2 is 2.00 bits per heavy atom. The summed E-state index contributed by atoms with van der Waals surface area (Å²) in [7, 11) is 0. The van der Waals surface area contributed by atoms with E-state index < -0.39 is 0 Å². The van der Waals surface area contributed by atoms with Crippen molar-refractivity contribution in [2.75, 3.05) is 18.0 Å².